The number of benzene rings is 1. The number of hydrogen-bond donors (Lipinski definition) is 1. The zero-order chi connectivity index (χ0) is 11.8. The summed E-state index contributed by atoms with van der Waals surface area (Å²) in [6.07, 6.45) is 3.05. The van der Waals surface area contributed by atoms with E-state index < -0.39 is 10.0 Å². The molecule has 86 valence electrons. The third kappa shape index (κ3) is 2.40. The minimum atomic E-state index is -3.17. The van der Waals surface area contributed by atoms with Gasteiger partial charge in [0.25, 0.3) is 0 Å². The SMILES string of the molecule is Cn1cc2cccc(CNS(C)(=O)=O)c2n1. The molecule has 1 aromatic carbocycles. The number of nitrogens with zero attached hydrogens (tertiary/aromatic N) is 2. The smallest absolute Gasteiger partial charge is 0.209 e. The normalized spacial score (nSPS) is 12.1. The predicted molar refractivity (Wildman–Crippen MR) is 62.4 cm³/mol. The molecule has 2 rings (SSSR count). The standard InChI is InChI=1S/C10H13N3O2S/c1-13-7-9-5-3-4-8(10(9)12-13)6-11-16(2,14)15/h3-5,7,11H,6H2,1-2H3. The molecule has 0 aliphatic carbocycles. The third-order valence-corrected chi connectivity index (χ3v) is 2.93. The Morgan fingerprint density at radius 1 is 1.44 bits per heavy atom. The first-order valence-corrected chi connectivity index (χ1v) is 6.71. The van der Waals surface area contributed by atoms with E-state index in [1.54, 1.807) is 4.68 Å². The van der Waals surface area contributed by atoms with Gasteiger partial charge in [-0.1, -0.05) is 18.2 Å². The maximum atomic E-state index is 11.0. The molecule has 0 spiro atoms. The molecule has 0 radical (unpaired) electrons. The fourth-order valence-corrected chi connectivity index (χ4v) is 1.99. The van der Waals surface area contributed by atoms with Gasteiger partial charge in [-0.2, -0.15) is 5.10 Å². The Morgan fingerprint density at radius 2 is 2.19 bits per heavy atom. The molecule has 5 nitrogen and oxygen atoms in total. The predicted octanol–water partition coefficient (Wildman–Crippen LogP) is 0.623. The molecular formula is C10H13N3O2S. The van der Waals surface area contributed by atoms with Crippen LogP contribution in [0.1, 0.15) is 5.56 Å². The van der Waals surface area contributed by atoms with Gasteiger partial charge in [-0.3, -0.25) is 4.68 Å². The van der Waals surface area contributed by atoms with Crippen molar-refractivity contribution in [1.82, 2.24) is 14.5 Å². The summed E-state index contributed by atoms with van der Waals surface area (Å²) in [4.78, 5) is 0. The highest BCUT2D eigenvalue weighted by atomic mass is 32.2. The van der Waals surface area contributed by atoms with Crippen molar-refractivity contribution < 1.29 is 8.42 Å². The van der Waals surface area contributed by atoms with E-state index in [9.17, 15) is 8.42 Å². The number of hydrogen-bond acceptors (Lipinski definition) is 3. The average molecular weight is 239 g/mol. The molecule has 2 aromatic rings. The number of sulfonamides is 1. The lowest BCUT2D eigenvalue weighted by molar-refractivity contribution is 0.587. The molecule has 0 amide bonds. The molecule has 1 aromatic heterocycles. The van der Waals surface area contributed by atoms with Crippen molar-refractivity contribution in [1.29, 1.82) is 0 Å². The van der Waals surface area contributed by atoms with Crippen molar-refractivity contribution in [2.45, 2.75) is 6.54 Å². The van der Waals surface area contributed by atoms with Gasteiger partial charge in [0.1, 0.15) is 0 Å². The van der Waals surface area contributed by atoms with E-state index in [2.05, 4.69) is 9.82 Å². The van der Waals surface area contributed by atoms with Gasteiger partial charge in [0.05, 0.1) is 11.8 Å². The van der Waals surface area contributed by atoms with Crippen molar-refractivity contribution in [3.05, 3.63) is 30.0 Å². The Labute approximate surface area is 94.1 Å². The van der Waals surface area contributed by atoms with Gasteiger partial charge in [-0.15, -0.1) is 0 Å². The number of aryl methyl sites for hydroxylation is 1. The Kier molecular flexibility index (Phi) is 2.69. The van der Waals surface area contributed by atoms with Crippen LogP contribution in [0.2, 0.25) is 0 Å². The second kappa shape index (κ2) is 3.88. The van der Waals surface area contributed by atoms with Crippen molar-refractivity contribution in [3.63, 3.8) is 0 Å². The van der Waals surface area contributed by atoms with Crippen LogP contribution in [0.4, 0.5) is 0 Å². The van der Waals surface area contributed by atoms with E-state index in [4.69, 9.17) is 0 Å². The summed E-state index contributed by atoms with van der Waals surface area (Å²) < 4.78 is 26.2. The molecule has 0 atom stereocenters. The van der Waals surface area contributed by atoms with Crippen LogP contribution in [-0.2, 0) is 23.6 Å². The monoisotopic (exact) mass is 239 g/mol. The zero-order valence-electron chi connectivity index (χ0n) is 9.14. The van der Waals surface area contributed by atoms with Crippen LogP contribution in [0.15, 0.2) is 24.4 Å². The van der Waals surface area contributed by atoms with Crippen LogP contribution in [-0.4, -0.2) is 24.5 Å². The molecule has 0 saturated heterocycles. The topological polar surface area (TPSA) is 64.0 Å². The van der Waals surface area contributed by atoms with Crippen molar-refractivity contribution in [2.24, 2.45) is 7.05 Å². The van der Waals surface area contributed by atoms with Crippen molar-refractivity contribution in [3.8, 4) is 0 Å². The van der Waals surface area contributed by atoms with Crippen LogP contribution < -0.4 is 4.72 Å². The van der Waals surface area contributed by atoms with Gasteiger partial charge in [0.15, 0.2) is 0 Å². The first kappa shape index (κ1) is 11.1. The fraction of sp³-hybridized carbons (Fsp3) is 0.300. The van der Waals surface area contributed by atoms with Gasteiger partial charge < -0.3 is 0 Å². The van der Waals surface area contributed by atoms with E-state index in [1.165, 1.54) is 0 Å². The summed E-state index contributed by atoms with van der Waals surface area (Å²) in [6.45, 7) is 0.271. The van der Waals surface area contributed by atoms with Gasteiger partial charge in [-0.05, 0) is 5.56 Å². The molecule has 6 heteroatoms. The Morgan fingerprint density at radius 3 is 2.88 bits per heavy atom. The number of rotatable bonds is 3. The van der Waals surface area contributed by atoms with Gasteiger partial charge in [-0.25, -0.2) is 13.1 Å². The van der Waals surface area contributed by atoms with Crippen LogP contribution in [0, 0.1) is 0 Å². The molecule has 0 fully saturated rings. The van der Waals surface area contributed by atoms with E-state index in [0.717, 1.165) is 22.7 Å². The lowest BCUT2D eigenvalue weighted by atomic mass is 10.1. The number of fused-ring (bicyclic) bond motifs is 1. The summed E-state index contributed by atoms with van der Waals surface area (Å²) in [5, 5.41) is 5.31. The maximum Gasteiger partial charge on any atom is 0.209 e. The van der Waals surface area contributed by atoms with Crippen LogP contribution in [0.3, 0.4) is 0 Å². The lowest BCUT2D eigenvalue weighted by Crippen LogP contribution is -2.21. The highest BCUT2D eigenvalue weighted by Gasteiger charge is 2.06. The molecule has 16 heavy (non-hydrogen) atoms. The van der Waals surface area contributed by atoms with E-state index in [1.807, 2.05) is 31.4 Å². The molecule has 0 saturated carbocycles. The Hall–Kier alpha value is -1.40. The third-order valence-electron chi connectivity index (χ3n) is 2.26. The minimum Gasteiger partial charge on any atom is -0.275 e. The molecule has 0 bridgehead atoms. The van der Waals surface area contributed by atoms with Crippen molar-refractivity contribution in [2.75, 3.05) is 6.26 Å². The summed E-state index contributed by atoms with van der Waals surface area (Å²) in [7, 11) is -1.33. The average Bonchev–Trinajstić information content (AvgIpc) is 2.54. The molecule has 0 aliphatic rings. The van der Waals surface area contributed by atoms with E-state index in [0.29, 0.717) is 0 Å². The fourth-order valence-electron chi connectivity index (χ4n) is 1.58. The van der Waals surface area contributed by atoms with E-state index >= 15 is 0 Å². The zero-order valence-corrected chi connectivity index (χ0v) is 9.95. The maximum absolute atomic E-state index is 11.0. The molecule has 1 heterocycles. The van der Waals surface area contributed by atoms with Gasteiger partial charge >= 0.3 is 0 Å². The highest BCUT2D eigenvalue weighted by molar-refractivity contribution is 7.88. The summed E-state index contributed by atoms with van der Waals surface area (Å²) in [6, 6.07) is 5.71. The Balaban J connectivity index is 2.37. The number of nitrogens with one attached hydrogen (secondary N) is 1. The second-order valence-corrected chi connectivity index (χ2v) is 5.58. The summed E-state index contributed by atoms with van der Waals surface area (Å²) >= 11 is 0. The van der Waals surface area contributed by atoms with Crippen LogP contribution >= 0.6 is 0 Å². The molecule has 0 unspecified atom stereocenters. The lowest BCUT2D eigenvalue weighted by Gasteiger charge is -2.02. The quantitative estimate of drug-likeness (QED) is 0.854. The molecular weight excluding hydrogens is 226 g/mol. The van der Waals surface area contributed by atoms with Gasteiger partial charge in [0.2, 0.25) is 10.0 Å². The highest BCUT2D eigenvalue weighted by Crippen LogP contribution is 2.16. The van der Waals surface area contributed by atoms with Crippen LogP contribution in [0.5, 0.6) is 0 Å². The first-order chi connectivity index (χ1) is 7.46. The van der Waals surface area contributed by atoms with Crippen molar-refractivity contribution >= 4 is 20.9 Å². The first-order valence-electron chi connectivity index (χ1n) is 4.81. The molecule has 0 aliphatic heterocycles. The van der Waals surface area contributed by atoms with Crippen LogP contribution in [0.25, 0.3) is 10.9 Å². The molecule has 1 N–H and O–H groups in total. The largest absolute Gasteiger partial charge is 0.275 e. The minimum absolute atomic E-state index is 0.271. The van der Waals surface area contributed by atoms with E-state index in [-0.39, 0.29) is 6.54 Å². The van der Waals surface area contributed by atoms with Gasteiger partial charge in [0, 0.05) is 25.2 Å². The number of aromatic nitrogens is 2. The second-order valence-electron chi connectivity index (χ2n) is 3.75. The summed E-state index contributed by atoms with van der Waals surface area (Å²) in [5.41, 5.74) is 1.71. The summed E-state index contributed by atoms with van der Waals surface area (Å²) in [5.74, 6) is 0. The Bertz CT molecular complexity index is 616.